The van der Waals surface area contributed by atoms with Crippen LogP contribution >= 0.6 is 22.9 Å². The highest BCUT2D eigenvalue weighted by atomic mass is 35.5. The molecule has 0 spiro atoms. The van der Waals surface area contributed by atoms with Gasteiger partial charge in [0.1, 0.15) is 5.54 Å². The molecule has 1 unspecified atom stereocenters. The quantitative estimate of drug-likeness (QED) is 0.577. The summed E-state index contributed by atoms with van der Waals surface area (Å²) in [5.74, 6) is -1.00. The van der Waals surface area contributed by atoms with Crippen LogP contribution in [0.4, 0.5) is 5.69 Å². The first kappa shape index (κ1) is 24.2. The summed E-state index contributed by atoms with van der Waals surface area (Å²) >= 11 is 7.06. The molecule has 4 rings (SSSR count). The SMILES string of the molecule is Cc1cc(NC(=O)C2(NC(=O)c3ccc(Cl)s3)CCOC2)ccc1C(=O)N1CCNC(=O)CC1. The Balaban J connectivity index is 1.46. The monoisotopic (exact) mass is 504 g/mol. The summed E-state index contributed by atoms with van der Waals surface area (Å²) in [7, 11) is 0. The average molecular weight is 505 g/mol. The Kier molecular flexibility index (Phi) is 7.20. The lowest BCUT2D eigenvalue weighted by molar-refractivity contribution is -0.122. The molecule has 0 aliphatic carbocycles. The summed E-state index contributed by atoms with van der Waals surface area (Å²) in [5, 5.41) is 8.43. The van der Waals surface area contributed by atoms with E-state index in [9.17, 15) is 19.2 Å². The zero-order chi connectivity index (χ0) is 24.3. The minimum atomic E-state index is -1.21. The Morgan fingerprint density at radius 1 is 1.21 bits per heavy atom. The smallest absolute Gasteiger partial charge is 0.262 e. The Hall–Kier alpha value is -2.95. The van der Waals surface area contributed by atoms with Crippen LogP contribution in [0.3, 0.4) is 0 Å². The Morgan fingerprint density at radius 3 is 2.71 bits per heavy atom. The number of ether oxygens (including phenoxy) is 1. The van der Waals surface area contributed by atoms with Gasteiger partial charge in [-0.3, -0.25) is 19.2 Å². The van der Waals surface area contributed by atoms with E-state index in [-0.39, 0.29) is 30.7 Å². The number of halogens is 1. The van der Waals surface area contributed by atoms with Gasteiger partial charge in [0, 0.05) is 50.3 Å². The van der Waals surface area contributed by atoms with E-state index in [0.717, 1.165) is 11.3 Å². The number of carbonyl (C=O) groups excluding carboxylic acids is 4. The molecule has 0 saturated carbocycles. The number of hydrogen-bond acceptors (Lipinski definition) is 6. The molecule has 180 valence electrons. The molecule has 11 heteroatoms. The van der Waals surface area contributed by atoms with Gasteiger partial charge in [0.25, 0.3) is 17.7 Å². The van der Waals surface area contributed by atoms with Crippen LogP contribution in [0.1, 0.15) is 38.4 Å². The molecule has 1 atom stereocenters. The second-order valence-electron chi connectivity index (χ2n) is 8.32. The molecule has 3 heterocycles. The first-order valence-corrected chi connectivity index (χ1v) is 12.1. The molecule has 0 bridgehead atoms. The number of benzene rings is 1. The summed E-state index contributed by atoms with van der Waals surface area (Å²) in [6.07, 6.45) is 0.605. The van der Waals surface area contributed by atoms with E-state index >= 15 is 0 Å². The third kappa shape index (κ3) is 5.24. The van der Waals surface area contributed by atoms with Crippen molar-refractivity contribution in [2.45, 2.75) is 25.3 Å². The van der Waals surface area contributed by atoms with Crippen LogP contribution in [0.2, 0.25) is 4.34 Å². The third-order valence-electron chi connectivity index (χ3n) is 5.92. The lowest BCUT2D eigenvalue weighted by Crippen LogP contribution is -2.57. The van der Waals surface area contributed by atoms with Crippen molar-refractivity contribution in [2.75, 3.05) is 38.2 Å². The van der Waals surface area contributed by atoms with Gasteiger partial charge < -0.3 is 25.6 Å². The van der Waals surface area contributed by atoms with Crippen molar-refractivity contribution in [1.29, 1.82) is 0 Å². The number of carbonyl (C=O) groups is 4. The van der Waals surface area contributed by atoms with Crippen LogP contribution in [-0.2, 0) is 14.3 Å². The van der Waals surface area contributed by atoms with Gasteiger partial charge in [-0.05, 0) is 42.8 Å². The molecule has 0 radical (unpaired) electrons. The zero-order valence-corrected chi connectivity index (χ0v) is 20.2. The van der Waals surface area contributed by atoms with Crippen LogP contribution in [-0.4, -0.2) is 66.9 Å². The second-order valence-corrected chi connectivity index (χ2v) is 10.0. The standard InChI is InChI=1S/C23H25ClN4O5S/c1-14-12-15(2-3-16(14)21(31)28-9-6-19(29)25-8-10-28)26-22(32)23(7-11-33-13-23)27-20(30)17-4-5-18(24)34-17/h2-5,12H,6-11,13H2,1H3,(H,25,29)(H,26,32)(H,27,30). The normalized spacial score (nSPS) is 20.4. The van der Waals surface area contributed by atoms with Gasteiger partial charge >= 0.3 is 0 Å². The summed E-state index contributed by atoms with van der Waals surface area (Å²) in [6, 6.07) is 8.28. The molecule has 2 aliphatic heterocycles. The molecule has 2 aliphatic rings. The number of hydrogen-bond donors (Lipinski definition) is 3. The van der Waals surface area contributed by atoms with Crippen molar-refractivity contribution >= 4 is 52.3 Å². The predicted octanol–water partition coefficient (Wildman–Crippen LogP) is 2.20. The number of aryl methyl sites for hydroxylation is 1. The van der Waals surface area contributed by atoms with E-state index in [1.807, 2.05) is 0 Å². The number of nitrogens with zero attached hydrogens (tertiary/aromatic N) is 1. The summed E-state index contributed by atoms with van der Waals surface area (Å²) in [6.45, 7) is 3.42. The van der Waals surface area contributed by atoms with Gasteiger partial charge in [-0.2, -0.15) is 0 Å². The van der Waals surface area contributed by atoms with Gasteiger partial charge in [0.2, 0.25) is 5.91 Å². The van der Waals surface area contributed by atoms with Crippen LogP contribution in [0.25, 0.3) is 0 Å². The van der Waals surface area contributed by atoms with E-state index in [0.29, 0.717) is 58.7 Å². The van der Waals surface area contributed by atoms with E-state index in [1.54, 1.807) is 42.2 Å². The first-order chi connectivity index (χ1) is 16.3. The Morgan fingerprint density at radius 2 is 2.03 bits per heavy atom. The average Bonchev–Trinajstić information content (AvgIpc) is 3.40. The second kappa shape index (κ2) is 10.1. The largest absolute Gasteiger partial charge is 0.378 e. The number of anilines is 1. The maximum atomic E-state index is 13.2. The highest BCUT2D eigenvalue weighted by Gasteiger charge is 2.44. The highest BCUT2D eigenvalue weighted by molar-refractivity contribution is 7.18. The molecular weight excluding hydrogens is 480 g/mol. The molecule has 4 amide bonds. The van der Waals surface area contributed by atoms with E-state index < -0.39 is 11.4 Å². The first-order valence-electron chi connectivity index (χ1n) is 10.9. The lowest BCUT2D eigenvalue weighted by Gasteiger charge is -2.27. The fraction of sp³-hybridized carbons (Fsp3) is 0.391. The minimum absolute atomic E-state index is 0.0565. The maximum absolute atomic E-state index is 13.2. The molecule has 9 nitrogen and oxygen atoms in total. The van der Waals surface area contributed by atoms with Gasteiger partial charge in [-0.25, -0.2) is 0 Å². The van der Waals surface area contributed by atoms with Crippen LogP contribution in [0.5, 0.6) is 0 Å². The van der Waals surface area contributed by atoms with Crippen LogP contribution in [0, 0.1) is 6.92 Å². The van der Waals surface area contributed by atoms with Crippen molar-refractivity contribution in [3.05, 3.63) is 50.7 Å². The number of rotatable bonds is 5. The highest BCUT2D eigenvalue weighted by Crippen LogP contribution is 2.26. The molecule has 1 aromatic carbocycles. The molecule has 34 heavy (non-hydrogen) atoms. The minimum Gasteiger partial charge on any atom is -0.378 e. The summed E-state index contributed by atoms with van der Waals surface area (Å²) in [4.78, 5) is 52.5. The number of thiophene rings is 1. The zero-order valence-electron chi connectivity index (χ0n) is 18.6. The van der Waals surface area contributed by atoms with E-state index in [2.05, 4.69) is 16.0 Å². The fourth-order valence-electron chi connectivity index (χ4n) is 3.99. The van der Waals surface area contributed by atoms with Crippen molar-refractivity contribution in [3.63, 3.8) is 0 Å². The van der Waals surface area contributed by atoms with Crippen LogP contribution in [0.15, 0.2) is 30.3 Å². The van der Waals surface area contributed by atoms with E-state index in [4.69, 9.17) is 16.3 Å². The summed E-state index contributed by atoms with van der Waals surface area (Å²) in [5.41, 5.74) is 0.502. The van der Waals surface area contributed by atoms with E-state index in [1.165, 1.54) is 0 Å². The Labute approximate surface area is 205 Å². The summed E-state index contributed by atoms with van der Waals surface area (Å²) < 4.78 is 5.93. The van der Waals surface area contributed by atoms with Crippen molar-refractivity contribution in [3.8, 4) is 0 Å². The van der Waals surface area contributed by atoms with Gasteiger partial charge in [-0.15, -0.1) is 11.3 Å². The number of amides is 4. The van der Waals surface area contributed by atoms with Gasteiger partial charge in [-0.1, -0.05) is 11.6 Å². The van der Waals surface area contributed by atoms with Crippen LogP contribution < -0.4 is 16.0 Å². The van der Waals surface area contributed by atoms with Crippen molar-refractivity contribution in [1.82, 2.24) is 15.5 Å². The van der Waals surface area contributed by atoms with Crippen molar-refractivity contribution in [2.24, 2.45) is 0 Å². The molecule has 2 saturated heterocycles. The lowest BCUT2D eigenvalue weighted by atomic mass is 9.96. The van der Waals surface area contributed by atoms with Gasteiger partial charge in [0.15, 0.2) is 0 Å². The predicted molar refractivity (Wildman–Crippen MR) is 128 cm³/mol. The topological polar surface area (TPSA) is 117 Å². The Bertz CT molecular complexity index is 1130. The fourth-order valence-corrected chi connectivity index (χ4v) is 4.93. The van der Waals surface area contributed by atoms with Gasteiger partial charge in [0.05, 0.1) is 15.8 Å². The van der Waals surface area contributed by atoms with Crippen molar-refractivity contribution < 1.29 is 23.9 Å². The molecule has 2 fully saturated rings. The molecule has 3 N–H and O–H groups in total. The molecule has 1 aromatic heterocycles. The maximum Gasteiger partial charge on any atom is 0.262 e. The molecular formula is C23H25ClN4O5S. The third-order valence-corrected chi connectivity index (χ3v) is 7.15. The number of nitrogens with one attached hydrogen (secondary N) is 3. The molecule has 2 aromatic rings.